The van der Waals surface area contributed by atoms with Gasteiger partial charge in [-0.05, 0) is 36.1 Å². The third kappa shape index (κ3) is 5.34. The molecular formula is C28H29ClN2O6. The average Bonchev–Trinajstić information content (AvgIpc) is 2.83. The van der Waals surface area contributed by atoms with E-state index >= 15 is 0 Å². The second-order valence-electron chi connectivity index (χ2n) is 9.87. The number of ether oxygens (including phenoxy) is 3. The number of hydrogen-bond donors (Lipinski definition) is 2. The molecule has 4 rings (SSSR count). The third-order valence-corrected chi connectivity index (χ3v) is 6.90. The van der Waals surface area contributed by atoms with Crippen LogP contribution in [-0.2, 0) is 23.9 Å². The van der Waals surface area contributed by atoms with E-state index in [4.69, 9.17) is 31.5 Å². The number of nitrogens with two attached hydrogens (primary N) is 1. The van der Waals surface area contributed by atoms with Gasteiger partial charge in [-0.1, -0.05) is 49.7 Å². The molecule has 0 radical (unpaired) electrons. The van der Waals surface area contributed by atoms with Crippen molar-refractivity contribution >= 4 is 34.9 Å². The maximum absolute atomic E-state index is 13.4. The van der Waals surface area contributed by atoms with Crippen molar-refractivity contribution < 1.29 is 28.6 Å². The second kappa shape index (κ2) is 10.3. The fourth-order valence-electron chi connectivity index (χ4n) is 4.73. The summed E-state index contributed by atoms with van der Waals surface area (Å²) < 4.78 is 16.7. The summed E-state index contributed by atoms with van der Waals surface area (Å²) in [6.45, 7) is 5.43. The first-order chi connectivity index (χ1) is 17.5. The molecule has 2 aromatic carbocycles. The van der Waals surface area contributed by atoms with Gasteiger partial charge in [-0.15, -0.1) is 0 Å². The van der Waals surface area contributed by atoms with Crippen molar-refractivity contribution in [1.82, 2.24) is 0 Å². The lowest BCUT2D eigenvalue weighted by atomic mass is 9.70. The van der Waals surface area contributed by atoms with Gasteiger partial charge in [0.1, 0.15) is 17.1 Å². The number of nitrogens with one attached hydrogen (secondary N) is 1. The van der Waals surface area contributed by atoms with Gasteiger partial charge in [-0.3, -0.25) is 9.59 Å². The number of allylic oxidation sites excluding steroid dienone is 2. The van der Waals surface area contributed by atoms with Crippen molar-refractivity contribution in [1.29, 1.82) is 0 Å². The fourth-order valence-corrected chi connectivity index (χ4v) is 4.90. The number of anilines is 1. The number of carbonyl (C=O) groups is 3. The molecule has 8 nitrogen and oxygen atoms in total. The van der Waals surface area contributed by atoms with E-state index in [9.17, 15) is 14.4 Å². The number of Topliss-reactive ketones (excluding diaryl/α,β-unsaturated/α-hetero) is 1. The number of benzene rings is 2. The van der Waals surface area contributed by atoms with Crippen LogP contribution in [-0.4, -0.2) is 31.4 Å². The summed E-state index contributed by atoms with van der Waals surface area (Å²) >= 11 is 6.15. The molecule has 9 heteroatoms. The van der Waals surface area contributed by atoms with Gasteiger partial charge in [-0.25, -0.2) is 4.79 Å². The van der Waals surface area contributed by atoms with Crippen molar-refractivity contribution in [2.75, 3.05) is 19.0 Å². The highest BCUT2D eigenvalue weighted by Gasteiger charge is 2.45. The van der Waals surface area contributed by atoms with Crippen LogP contribution < -0.4 is 15.8 Å². The zero-order valence-corrected chi connectivity index (χ0v) is 21.9. The summed E-state index contributed by atoms with van der Waals surface area (Å²) in [4.78, 5) is 38.9. The normalized spacial score (nSPS) is 18.6. The monoisotopic (exact) mass is 524 g/mol. The molecule has 0 fully saturated rings. The summed E-state index contributed by atoms with van der Waals surface area (Å²) in [5, 5.41) is 3.32. The van der Waals surface area contributed by atoms with E-state index in [-0.39, 0.29) is 35.7 Å². The Balaban J connectivity index is 1.68. The smallest absolute Gasteiger partial charge is 0.340 e. The molecule has 0 saturated carbocycles. The number of hydrogen-bond acceptors (Lipinski definition) is 7. The Morgan fingerprint density at radius 3 is 2.62 bits per heavy atom. The predicted octanol–water partition coefficient (Wildman–Crippen LogP) is 4.77. The van der Waals surface area contributed by atoms with Crippen LogP contribution in [0.25, 0.3) is 0 Å². The molecule has 37 heavy (non-hydrogen) atoms. The summed E-state index contributed by atoms with van der Waals surface area (Å²) in [6, 6.07) is 12.1. The van der Waals surface area contributed by atoms with Crippen LogP contribution in [0.4, 0.5) is 5.69 Å². The molecule has 1 atom stereocenters. The standard InChI is InChI=1S/C28H29ClN2O6/c1-15-17(29)9-7-10-18(15)31-22(33)14-36-20-11-6-5-8-16(20)23-24-19(32)12-28(2,3)13-21(24)37-26(30)25(23)27(34)35-4/h5-11,23H,12-14,30H2,1-4H3,(H,31,33). The van der Waals surface area contributed by atoms with Crippen molar-refractivity contribution in [3.8, 4) is 5.75 Å². The topological polar surface area (TPSA) is 117 Å². The van der Waals surface area contributed by atoms with Crippen LogP contribution >= 0.6 is 11.6 Å². The number of esters is 1. The summed E-state index contributed by atoms with van der Waals surface area (Å²) in [5.41, 5.74) is 8.07. The first-order valence-corrected chi connectivity index (χ1v) is 12.2. The van der Waals surface area contributed by atoms with Crippen molar-refractivity contribution in [2.24, 2.45) is 11.1 Å². The lowest BCUT2D eigenvalue weighted by Crippen LogP contribution is -2.35. The van der Waals surface area contributed by atoms with Gasteiger partial charge in [0, 0.05) is 34.7 Å². The molecule has 194 valence electrons. The molecule has 0 spiro atoms. The van der Waals surface area contributed by atoms with Crippen LogP contribution in [0.2, 0.25) is 5.02 Å². The van der Waals surface area contributed by atoms with Gasteiger partial charge in [0.25, 0.3) is 5.91 Å². The number of rotatable bonds is 6. The highest BCUT2D eigenvalue weighted by molar-refractivity contribution is 6.31. The molecular weight excluding hydrogens is 496 g/mol. The zero-order chi connectivity index (χ0) is 26.9. The first kappa shape index (κ1) is 26.3. The van der Waals surface area contributed by atoms with Gasteiger partial charge in [0.05, 0.1) is 13.0 Å². The molecule has 2 aromatic rings. The average molecular weight is 525 g/mol. The van der Waals surface area contributed by atoms with E-state index in [1.54, 1.807) is 49.4 Å². The molecule has 2 aliphatic rings. The van der Waals surface area contributed by atoms with Crippen LogP contribution in [0.15, 0.2) is 65.3 Å². The molecule has 1 aliphatic carbocycles. The number of ketones is 1. The van der Waals surface area contributed by atoms with Gasteiger partial charge in [-0.2, -0.15) is 0 Å². The summed E-state index contributed by atoms with van der Waals surface area (Å²) in [5.74, 6) is -1.48. The lowest BCUT2D eigenvalue weighted by Gasteiger charge is -2.38. The van der Waals surface area contributed by atoms with Crippen LogP contribution in [0.3, 0.4) is 0 Å². The minimum Gasteiger partial charge on any atom is -0.483 e. The first-order valence-electron chi connectivity index (χ1n) is 11.8. The van der Waals surface area contributed by atoms with Gasteiger partial charge in [0.15, 0.2) is 12.4 Å². The number of carbonyl (C=O) groups excluding carboxylic acids is 3. The summed E-state index contributed by atoms with van der Waals surface area (Å²) in [7, 11) is 1.24. The zero-order valence-electron chi connectivity index (χ0n) is 21.1. The maximum Gasteiger partial charge on any atom is 0.340 e. The number of amides is 1. The molecule has 3 N–H and O–H groups in total. The van der Waals surface area contributed by atoms with Gasteiger partial charge in [0.2, 0.25) is 5.88 Å². The van der Waals surface area contributed by atoms with E-state index in [2.05, 4.69) is 5.32 Å². The van der Waals surface area contributed by atoms with Gasteiger partial charge < -0.3 is 25.3 Å². The van der Waals surface area contributed by atoms with E-state index in [0.29, 0.717) is 39.8 Å². The van der Waals surface area contributed by atoms with E-state index < -0.39 is 17.8 Å². The highest BCUT2D eigenvalue weighted by Crippen LogP contribution is 2.49. The minimum atomic E-state index is -0.866. The Morgan fingerprint density at radius 1 is 1.16 bits per heavy atom. The summed E-state index contributed by atoms with van der Waals surface area (Å²) in [6.07, 6.45) is 0.759. The lowest BCUT2D eigenvalue weighted by molar-refractivity contribution is -0.136. The van der Waals surface area contributed by atoms with Crippen molar-refractivity contribution in [3.63, 3.8) is 0 Å². The largest absolute Gasteiger partial charge is 0.483 e. The molecule has 1 aliphatic heterocycles. The quantitative estimate of drug-likeness (QED) is 0.523. The molecule has 1 amide bonds. The highest BCUT2D eigenvalue weighted by atomic mass is 35.5. The molecule has 0 saturated heterocycles. The molecule has 0 aromatic heterocycles. The Hall–Kier alpha value is -3.78. The van der Waals surface area contributed by atoms with Crippen LogP contribution in [0.1, 0.15) is 43.7 Å². The number of halogens is 1. The molecule has 0 bridgehead atoms. The van der Waals surface area contributed by atoms with Crippen LogP contribution in [0, 0.1) is 12.3 Å². The van der Waals surface area contributed by atoms with E-state index in [0.717, 1.165) is 5.56 Å². The predicted molar refractivity (Wildman–Crippen MR) is 139 cm³/mol. The fraction of sp³-hybridized carbons (Fsp3) is 0.321. The van der Waals surface area contributed by atoms with Crippen molar-refractivity contribution in [2.45, 2.75) is 39.5 Å². The van der Waals surface area contributed by atoms with E-state index in [1.807, 2.05) is 13.8 Å². The van der Waals surface area contributed by atoms with E-state index in [1.165, 1.54) is 7.11 Å². The SMILES string of the molecule is COC(=O)C1=C(N)OC2=C(C(=O)CC(C)(C)C2)C1c1ccccc1OCC(=O)Nc1cccc(Cl)c1C. The second-order valence-corrected chi connectivity index (χ2v) is 10.3. The number of para-hydroxylation sites is 1. The molecule has 1 unspecified atom stereocenters. The van der Waals surface area contributed by atoms with Gasteiger partial charge >= 0.3 is 5.97 Å². The number of methoxy groups -OCH3 is 1. The molecule has 1 heterocycles. The van der Waals surface area contributed by atoms with Crippen molar-refractivity contribution in [3.05, 3.63) is 81.4 Å². The maximum atomic E-state index is 13.4. The Labute approximate surface area is 220 Å². The Bertz CT molecular complexity index is 1340. The minimum absolute atomic E-state index is 0.0179. The Morgan fingerprint density at radius 2 is 1.89 bits per heavy atom. The Kier molecular flexibility index (Phi) is 7.32. The third-order valence-electron chi connectivity index (χ3n) is 6.49. The van der Waals surface area contributed by atoms with Crippen LogP contribution in [0.5, 0.6) is 5.75 Å².